The van der Waals surface area contributed by atoms with E-state index in [0.717, 1.165) is 22.3 Å². The number of amides is 1. The lowest BCUT2D eigenvalue weighted by Crippen LogP contribution is -2.28. The van der Waals surface area contributed by atoms with E-state index in [2.05, 4.69) is 10.3 Å². The van der Waals surface area contributed by atoms with Gasteiger partial charge in [0.2, 0.25) is 0 Å². The van der Waals surface area contributed by atoms with Crippen molar-refractivity contribution in [2.24, 2.45) is 0 Å². The van der Waals surface area contributed by atoms with Crippen LogP contribution in [0.15, 0.2) is 23.6 Å². The smallest absolute Gasteiger partial charge is 0.434 e. The lowest BCUT2D eigenvalue weighted by molar-refractivity contribution is -0.140. The number of carbonyl (C=O) groups excluding carboxylic acids is 1. The van der Waals surface area contributed by atoms with Crippen molar-refractivity contribution in [3.05, 3.63) is 45.7 Å². The SMILES string of the molecule is Cc1ccc(F)c(OCC(=O)NCc2nc(C(F)(F)F)cs2)c1. The second-order valence-corrected chi connectivity index (χ2v) is 5.57. The van der Waals surface area contributed by atoms with E-state index in [1.54, 1.807) is 13.0 Å². The Kier molecular flexibility index (Phi) is 5.19. The number of nitrogens with zero attached hydrogens (tertiary/aromatic N) is 1. The van der Waals surface area contributed by atoms with E-state index in [-0.39, 0.29) is 17.3 Å². The molecule has 9 heteroatoms. The Morgan fingerprint density at radius 3 is 2.78 bits per heavy atom. The molecule has 1 N–H and O–H groups in total. The molecule has 0 unspecified atom stereocenters. The summed E-state index contributed by atoms with van der Waals surface area (Å²) in [5.74, 6) is -1.25. The summed E-state index contributed by atoms with van der Waals surface area (Å²) in [6.45, 7) is 1.14. The third-order valence-corrected chi connectivity index (χ3v) is 3.57. The molecule has 0 aliphatic rings. The largest absolute Gasteiger partial charge is 0.481 e. The van der Waals surface area contributed by atoms with Gasteiger partial charge in [-0.05, 0) is 24.6 Å². The third-order valence-electron chi connectivity index (χ3n) is 2.72. The molecule has 0 saturated heterocycles. The van der Waals surface area contributed by atoms with Gasteiger partial charge in [-0.3, -0.25) is 4.79 Å². The van der Waals surface area contributed by atoms with Gasteiger partial charge in [-0.15, -0.1) is 11.3 Å². The topological polar surface area (TPSA) is 51.2 Å². The Morgan fingerprint density at radius 1 is 1.39 bits per heavy atom. The number of thiazole rings is 1. The van der Waals surface area contributed by atoms with Gasteiger partial charge in [-0.1, -0.05) is 6.07 Å². The highest BCUT2D eigenvalue weighted by molar-refractivity contribution is 7.09. The molecular weight excluding hydrogens is 336 g/mol. The molecule has 0 bridgehead atoms. The van der Waals surface area contributed by atoms with E-state index < -0.39 is 30.2 Å². The maximum atomic E-state index is 13.4. The number of nitrogens with one attached hydrogen (secondary N) is 1. The van der Waals surface area contributed by atoms with Crippen molar-refractivity contribution >= 4 is 17.2 Å². The number of alkyl halides is 3. The van der Waals surface area contributed by atoms with Crippen LogP contribution in [0.3, 0.4) is 0 Å². The van der Waals surface area contributed by atoms with E-state index >= 15 is 0 Å². The Bertz CT molecular complexity index is 700. The highest BCUT2D eigenvalue weighted by Crippen LogP contribution is 2.29. The minimum absolute atomic E-state index is 0.0613. The second-order valence-electron chi connectivity index (χ2n) is 4.62. The number of ether oxygens (including phenoxy) is 1. The molecule has 0 atom stereocenters. The van der Waals surface area contributed by atoms with Gasteiger partial charge in [0.05, 0.1) is 6.54 Å². The number of carbonyl (C=O) groups is 1. The summed E-state index contributed by atoms with van der Waals surface area (Å²) in [7, 11) is 0. The molecule has 1 aromatic heterocycles. The summed E-state index contributed by atoms with van der Waals surface area (Å²) in [4.78, 5) is 15.0. The first-order chi connectivity index (χ1) is 10.8. The van der Waals surface area contributed by atoms with Crippen LogP contribution in [0.1, 0.15) is 16.3 Å². The standard InChI is InChI=1S/C14H12F4N2O2S/c1-8-2-3-9(15)10(4-8)22-6-12(21)19-5-13-20-11(7-23-13)14(16,17)18/h2-4,7H,5-6H2,1H3,(H,19,21). The van der Waals surface area contributed by atoms with Crippen LogP contribution in [0.2, 0.25) is 0 Å². The molecule has 0 aliphatic carbocycles. The maximum absolute atomic E-state index is 13.4. The molecule has 1 heterocycles. The van der Waals surface area contributed by atoms with Gasteiger partial charge >= 0.3 is 6.18 Å². The average molecular weight is 348 g/mol. The molecule has 2 rings (SSSR count). The van der Waals surface area contributed by atoms with E-state index in [9.17, 15) is 22.4 Å². The molecule has 1 amide bonds. The van der Waals surface area contributed by atoms with Crippen LogP contribution < -0.4 is 10.1 Å². The average Bonchev–Trinajstić information content (AvgIpc) is 2.95. The normalized spacial score (nSPS) is 11.3. The van der Waals surface area contributed by atoms with Crippen LogP contribution >= 0.6 is 11.3 Å². The number of hydrogen-bond donors (Lipinski definition) is 1. The van der Waals surface area contributed by atoms with Crippen molar-refractivity contribution in [3.8, 4) is 5.75 Å². The van der Waals surface area contributed by atoms with Gasteiger partial charge in [0.25, 0.3) is 5.91 Å². The van der Waals surface area contributed by atoms with Crippen LogP contribution in [-0.4, -0.2) is 17.5 Å². The van der Waals surface area contributed by atoms with Crippen molar-refractivity contribution in [1.29, 1.82) is 0 Å². The van der Waals surface area contributed by atoms with Crippen molar-refractivity contribution in [2.45, 2.75) is 19.6 Å². The fourth-order valence-electron chi connectivity index (χ4n) is 1.61. The summed E-state index contributed by atoms with van der Waals surface area (Å²) >= 11 is 0.791. The van der Waals surface area contributed by atoms with Gasteiger partial charge < -0.3 is 10.1 Å². The molecule has 23 heavy (non-hydrogen) atoms. The molecule has 0 spiro atoms. The first-order valence-electron chi connectivity index (χ1n) is 6.43. The zero-order chi connectivity index (χ0) is 17.0. The minimum Gasteiger partial charge on any atom is -0.481 e. The van der Waals surface area contributed by atoms with Gasteiger partial charge in [0, 0.05) is 5.38 Å². The summed E-state index contributed by atoms with van der Waals surface area (Å²) in [6.07, 6.45) is -4.51. The first kappa shape index (κ1) is 17.2. The Labute approximate surface area is 133 Å². The molecule has 0 radical (unpaired) electrons. The molecular formula is C14H12F4N2O2S. The first-order valence-corrected chi connectivity index (χ1v) is 7.31. The fourth-order valence-corrected chi connectivity index (χ4v) is 2.35. The highest BCUT2D eigenvalue weighted by atomic mass is 32.1. The number of aryl methyl sites for hydroxylation is 1. The Balaban J connectivity index is 1.83. The molecule has 2 aromatic rings. The van der Waals surface area contributed by atoms with Gasteiger partial charge in [-0.25, -0.2) is 9.37 Å². The number of aromatic nitrogens is 1. The Morgan fingerprint density at radius 2 is 2.13 bits per heavy atom. The maximum Gasteiger partial charge on any atom is 0.434 e. The van der Waals surface area contributed by atoms with Gasteiger partial charge in [0.15, 0.2) is 23.9 Å². The fraction of sp³-hybridized carbons (Fsp3) is 0.286. The summed E-state index contributed by atoms with van der Waals surface area (Å²) in [5, 5.41) is 3.36. The lowest BCUT2D eigenvalue weighted by Gasteiger charge is -2.08. The third kappa shape index (κ3) is 4.92. The van der Waals surface area contributed by atoms with Gasteiger partial charge in [-0.2, -0.15) is 13.2 Å². The van der Waals surface area contributed by atoms with Crippen molar-refractivity contribution in [1.82, 2.24) is 10.3 Å². The Hall–Kier alpha value is -2.16. The van der Waals surface area contributed by atoms with E-state index in [1.807, 2.05) is 0 Å². The molecule has 0 aliphatic heterocycles. The molecule has 0 saturated carbocycles. The van der Waals surface area contributed by atoms with Crippen molar-refractivity contribution in [2.75, 3.05) is 6.61 Å². The van der Waals surface area contributed by atoms with Gasteiger partial charge in [0.1, 0.15) is 5.01 Å². The van der Waals surface area contributed by atoms with Crippen LogP contribution in [-0.2, 0) is 17.5 Å². The van der Waals surface area contributed by atoms with Crippen LogP contribution in [0.5, 0.6) is 5.75 Å². The zero-order valence-corrected chi connectivity index (χ0v) is 12.7. The van der Waals surface area contributed by atoms with Crippen molar-refractivity contribution in [3.63, 3.8) is 0 Å². The van der Waals surface area contributed by atoms with E-state index in [4.69, 9.17) is 4.74 Å². The van der Waals surface area contributed by atoms with Crippen LogP contribution in [0, 0.1) is 12.7 Å². The van der Waals surface area contributed by atoms with Crippen molar-refractivity contribution < 1.29 is 27.1 Å². The molecule has 0 fully saturated rings. The quantitative estimate of drug-likeness (QED) is 0.844. The summed E-state index contributed by atoms with van der Waals surface area (Å²) in [6, 6.07) is 4.22. The molecule has 124 valence electrons. The number of halogens is 4. The number of benzene rings is 1. The van der Waals surface area contributed by atoms with E-state index in [1.165, 1.54) is 12.1 Å². The summed E-state index contributed by atoms with van der Waals surface area (Å²) < 4.78 is 55.6. The molecule has 4 nitrogen and oxygen atoms in total. The second kappa shape index (κ2) is 6.95. The zero-order valence-electron chi connectivity index (χ0n) is 11.9. The predicted octanol–water partition coefficient (Wildman–Crippen LogP) is 3.30. The molecule has 1 aromatic carbocycles. The minimum atomic E-state index is -4.51. The van der Waals surface area contributed by atoms with Crippen LogP contribution in [0.25, 0.3) is 0 Å². The number of rotatable bonds is 5. The highest BCUT2D eigenvalue weighted by Gasteiger charge is 2.33. The predicted molar refractivity (Wildman–Crippen MR) is 75.6 cm³/mol. The van der Waals surface area contributed by atoms with Crippen LogP contribution in [0.4, 0.5) is 17.6 Å². The lowest BCUT2D eigenvalue weighted by atomic mass is 10.2. The summed E-state index contributed by atoms with van der Waals surface area (Å²) in [5.41, 5.74) is -0.228. The van der Waals surface area contributed by atoms with E-state index in [0.29, 0.717) is 0 Å². The number of hydrogen-bond acceptors (Lipinski definition) is 4. The monoisotopic (exact) mass is 348 g/mol.